The number of morpholine rings is 1. The number of carbonyl (C=O) groups excluding carboxylic acids is 1. The molecule has 8 nitrogen and oxygen atoms in total. The SMILES string of the molecule is C=CC(=O)N1CC[C@@H](N2CC(c3cc(C)c4c(c3)Nc3nccc(N5CCOCC5)c3CO4)C2)[C@H](F)C1. The number of ether oxygens (including phenoxy) is 2. The number of hydrogen-bond acceptors (Lipinski definition) is 7. The second-order valence-electron chi connectivity index (χ2n) is 10.4. The zero-order valence-electron chi connectivity index (χ0n) is 21.3. The molecular formula is C28H34FN5O3. The minimum atomic E-state index is -1.04. The molecule has 5 heterocycles. The lowest BCUT2D eigenvalue weighted by molar-refractivity contribution is -0.130. The molecule has 9 heteroatoms. The van der Waals surface area contributed by atoms with Crippen LogP contribution in [0.25, 0.3) is 0 Å². The number of amides is 1. The zero-order chi connectivity index (χ0) is 25.5. The molecule has 0 spiro atoms. The van der Waals surface area contributed by atoms with Crippen LogP contribution in [0.2, 0.25) is 0 Å². The number of anilines is 3. The van der Waals surface area contributed by atoms with Gasteiger partial charge in [-0.2, -0.15) is 0 Å². The first-order valence-electron chi connectivity index (χ1n) is 13.2. The highest BCUT2D eigenvalue weighted by Gasteiger charge is 2.41. The van der Waals surface area contributed by atoms with Gasteiger partial charge in [0.1, 0.15) is 24.3 Å². The number of pyridine rings is 1. The van der Waals surface area contributed by atoms with Crippen LogP contribution in [0.1, 0.15) is 29.0 Å². The summed E-state index contributed by atoms with van der Waals surface area (Å²) in [6.45, 7) is 11.6. The number of aryl methyl sites for hydroxylation is 1. The second-order valence-corrected chi connectivity index (χ2v) is 10.4. The van der Waals surface area contributed by atoms with E-state index in [2.05, 4.69) is 51.8 Å². The normalized spacial score (nSPS) is 24.2. The third kappa shape index (κ3) is 4.55. The molecule has 2 atom stereocenters. The van der Waals surface area contributed by atoms with Crippen LogP contribution in [0.15, 0.2) is 37.1 Å². The highest BCUT2D eigenvalue weighted by molar-refractivity contribution is 5.87. The Morgan fingerprint density at radius 2 is 2.03 bits per heavy atom. The molecule has 0 bridgehead atoms. The van der Waals surface area contributed by atoms with Gasteiger partial charge in [-0.1, -0.05) is 12.6 Å². The van der Waals surface area contributed by atoms with Crippen molar-refractivity contribution in [1.82, 2.24) is 14.8 Å². The van der Waals surface area contributed by atoms with Gasteiger partial charge in [-0.25, -0.2) is 9.37 Å². The lowest BCUT2D eigenvalue weighted by Crippen LogP contribution is -2.59. The molecule has 196 valence electrons. The molecule has 1 aromatic heterocycles. The van der Waals surface area contributed by atoms with Crippen molar-refractivity contribution in [2.45, 2.75) is 38.1 Å². The van der Waals surface area contributed by atoms with Crippen molar-refractivity contribution in [1.29, 1.82) is 0 Å². The van der Waals surface area contributed by atoms with E-state index >= 15 is 0 Å². The van der Waals surface area contributed by atoms with Crippen molar-refractivity contribution in [2.24, 2.45) is 0 Å². The number of benzene rings is 1. The molecule has 6 rings (SSSR count). The Bertz CT molecular complexity index is 1190. The minimum absolute atomic E-state index is 0.136. The van der Waals surface area contributed by atoms with Crippen LogP contribution < -0.4 is 15.0 Å². The first-order valence-corrected chi connectivity index (χ1v) is 13.2. The summed E-state index contributed by atoms with van der Waals surface area (Å²) in [5.41, 5.74) is 5.44. The van der Waals surface area contributed by atoms with Crippen molar-refractivity contribution in [2.75, 3.05) is 62.7 Å². The molecule has 0 radical (unpaired) electrons. The van der Waals surface area contributed by atoms with E-state index in [0.717, 1.165) is 73.5 Å². The number of likely N-dealkylation sites (tertiary alicyclic amines) is 2. The van der Waals surface area contributed by atoms with Crippen LogP contribution in [-0.4, -0.2) is 85.4 Å². The number of piperidine rings is 1. The Labute approximate surface area is 217 Å². The number of halogens is 1. The van der Waals surface area contributed by atoms with Crippen molar-refractivity contribution in [3.8, 4) is 5.75 Å². The van der Waals surface area contributed by atoms with Gasteiger partial charge in [0.2, 0.25) is 5.91 Å². The Balaban J connectivity index is 1.16. The first kappa shape index (κ1) is 24.2. The van der Waals surface area contributed by atoms with Crippen molar-refractivity contribution < 1.29 is 18.7 Å². The number of hydrogen-bond donors (Lipinski definition) is 1. The predicted octanol–water partition coefficient (Wildman–Crippen LogP) is 3.39. The van der Waals surface area contributed by atoms with Crippen LogP contribution in [-0.2, 0) is 16.1 Å². The highest BCUT2D eigenvalue weighted by Crippen LogP contribution is 2.42. The van der Waals surface area contributed by atoms with Gasteiger partial charge in [0.25, 0.3) is 0 Å². The van der Waals surface area contributed by atoms with E-state index in [1.54, 1.807) is 4.90 Å². The topological polar surface area (TPSA) is 70.2 Å². The largest absolute Gasteiger partial charge is 0.486 e. The third-order valence-electron chi connectivity index (χ3n) is 8.14. The molecule has 3 saturated heterocycles. The fourth-order valence-corrected chi connectivity index (χ4v) is 6.05. The summed E-state index contributed by atoms with van der Waals surface area (Å²) >= 11 is 0. The number of nitrogens with zero attached hydrogens (tertiary/aromatic N) is 4. The Morgan fingerprint density at radius 1 is 1.22 bits per heavy atom. The summed E-state index contributed by atoms with van der Waals surface area (Å²) in [6, 6.07) is 6.29. The zero-order valence-corrected chi connectivity index (χ0v) is 21.3. The molecule has 0 unspecified atom stereocenters. The van der Waals surface area contributed by atoms with Gasteiger partial charge in [-0.05, 0) is 42.7 Å². The van der Waals surface area contributed by atoms with Crippen LogP contribution in [0, 0.1) is 6.92 Å². The fourth-order valence-electron chi connectivity index (χ4n) is 6.05. The summed E-state index contributed by atoms with van der Waals surface area (Å²) in [6.07, 6.45) is 2.73. The van der Waals surface area contributed by atoms with Gasteiger partial charge in [-0.15, -0.1) is 0 Å². The molecule has 1 amide bonds. The molecule has 0 aliphatic carbocycles. The lowest BCUT2D eigenvalue weighted by Gasteiger charge is -2.48. The smallest absolute Gasteiger partial charge is 0.246 e. The van der Waals surface area contributed by atoms with E-state index in [4.69, 9.17) is 9.47 Å². The number of nitrogens with one attached hydrogen (secondary N) is 1. The molecule has 2 aromatic rings. The molecule has 1 aromatic carbocycles. The summed E-state index contributed by atoms with van der Waals surface area (Å²) in [5, 5.41) is 3.56. The second kappa shape index (κ2) is 9.95. The van der Waals surface area contributed by atoms with Crippen molar-refractivity contribution >= 4 is 23.1 Å². The fraction of sp³-hybridized carbons (Fsp3) is 0.500. The van der Waals surface area contributed by atoms with E-state index in [0.29, 0.717) is 25.5 Å². The number of carbonyl (C=O) groups is 1. The lowest BCUT2D eigenvalue weighted by atomic mass is 9.86. The van der Waals surface area contributed by atoms with Crippen LogP contribution >= 0.6 is 0 Å². The van der Waals surface area contributed by atoms with E-state index in [-0.39, 0.29) is 18.5 Å². The van der Waals surface area contributed by atoms with Crippen LogP contribution in [0.3, 0.4) is 0 Å². The maximum atomic E-state index is 14.9. The van der Waals surface area contributed by atoms with Gasteiger partial charge >= 0.3 is 0 Å². The average Bonchev–Trinajstić information content (AvgIpc) is 3.08. The van der Waals surface area contributed by atoms with Crippen molar-refractivity contribution in [3.63, 3.8) is 0 Å². The minimum Gasteiger partial charge on any atom is -0.486 e. The van der Waals surface area contributed by atoms with Gasteiger partial charge in [0, 0.05) is 56.6 Å². The Morgan fingerprint density at radius 3 is 2.78 bits per heavy atom. The average molecular weight is 508 g/mol. The van der Waals surface area contributed by atoms with Gasteiger partial charge < -0.3 is 24.6 Å². The van der Waals surface area contributed by atoms with E-state index < -0.39 is 6.17 Å². The monoisotopic (exact) mass is 507 g/mol. The summed E-state index contributed by atoms with van der Waals surface area (Å²) in [5.74, 6) is 1.83. The van der Waals surface area contributed by atoms with Crippen molar-refractivity contribution in [3.05, 3.63) is 53.7 Å². The number of fused-ring (bicyclic) bond motifs is 2. The maximum Gasteiger partial charge on any atom is 0.246 e. The Kier molecular flexibility index (Phi) is 6.50. The molecule has 0 saturated carbocycles. The third-order valence-corrected chi connectivity index (χ3v) is 8.14. The predicted molar refractivity (Wildman–Crippen MR) is 140 cm³/mol. The van der Waals surface area contributed by atoms with E-state index in [9.17, 15) is 9.18 Å². The molecule has 4 aliphatic rings. The van der Waals surface area contributed by atoms with E-state index in [1.807, 2.05) is 6.20 Å². The van der Waals surface area contributed by atoms with Gasteiger partial charge in [-0.3, -0.25) is 9.69 Å². The summed E-state index contributed by atoms with van der Waals surface area (Å²) in [7, 11) is 0. The molecular weight excluding hydrogens is 473 g/mol. The summed E-state index contributed by atoms with van der Waals surface area (Å²) in [4.78, 5) is 22.6. The molecule has 1 N–H and O–H groups in total. The highest BCUT2D eigenvalue weighted by atomic mass is 19.1. The molecule has 37 heavy (non-hydrogen) atoms. The maximum absolute atomic E-state index is 14.9. The van der Waals surface area contributed by atoms with Crippen LogP contribution in [0.5, 0.6) is 5.75 Å². The van der Waals surface area contributed by atoms with Crippen LogP contribution in [0.4, 0.5) is 21.6 Å². The van der Waals surface area contributed by atoms with Gasteiger partial charge in [0.05, 0.1) is 31.0 Å². The Hall–Kier alpha value is -3.17. The molecule has 4 aliphatic heterocycles. The number of alkyl halides is 1. The summed E-state index contributed by atoms with van der Waals surface area (Å²) < 4.78 is 26.8. The van der Waals surface area contributed by atoms with E-state index in [1.165, 1.54) is 11.6 Å². The quantitative estimate of drug-likeness (QED) is 0.637. The number of rotatable bonds is 4. The standard InChI is InChI=1S/C28H34FN5O3/c1-3-26(35)33-7-5-25(22(29)16-33)34-14-20(15-34)19-12-18(2)27-23(13-19)31-28-21(17-37-27)24(4-6-30-28)32-8-10-36-11-9-32/h3-4,6,12-13,20,22,25H,1,5,7-11,14-17H2,2H3,(H,30,31)/t22-,25-/m1/s1. The first-order chi connectivity index (χ1) is 18.0. The molecule has 3 fully saturated rings. The number of aromatic nitrogens is 1. The van der Waals surface area contributed by atoms with Gasteiger partial charge in [0.15, 0.2) is 0 Å².